The Kier molecular flexibility index (Phi) is 7.96. The number of piperazine rings is 1. The maximum Gasteiger partial charge on any atom is 0.249 e. The van der Waals surface area contributed by atoms with Crippen LogP contribution in [0.25, 0.3) is 11.1 Å². The van der Waals surface area contributed by atoms with E-state index in [0.29, 0.717) is 28.1 Å². The number of carbonyl (C=O) groups excluding carboxylic acids is 2. The van der Waals surface area contributed by atoms with E-state index in [9.17, 15) is 20.1 Å². The normalized spacial score (nSPS) is 18.5. The van der Waals surface area contributed by atoms with Crippen molar-refractivity contribution in [1.29, 1.82) is 10.8 Å². The average Bonchev–Trinajstić information content (AvgIpc) is 3.10. The van der Waals surface area contributed by atoms with Crippen LogP contribution in [0.5, 0.6) is 0 Å². The molecule has 7 N–H and O–H groups in total. The number of nitrogens with zero attached hydrogens (tertiary/aromatic N) is 3. The molecule has 0 bridgehead atoms. The van der Waals surface area contributed by atoms with E-state index in [1.807, 2.05) is 6.92 Å². The molecule has 5 rings (SSSR count). The fraction of sp³-hybridized carbons (Fsp3) is 0.281. The van der Waals surface area contributed by atoms with Gasteiger partial charge in [-0.05, 0) is 68.7 Å². The molecule has 0 aliphatic carbocycles. The number of amidine groups is 1. The molecular formula is C32H35FN8O3. The SMILES string of the molecule is C=CC(=O)N1CC(C)N2C(=N)c3c(Nc4c(C)ccnc4C(C)O)cc(-c4c(C)ccc(N)c4C=N)c(F)c3NC(=O)C2C1. The number of hydrogen-bond acceptors (Lipinski definition) is 8. The summed E-state index contributed by atoms with van der Waals surface area (Å²) in [7, 11) is 0. The maximum absolute atomic E-state index is 16.8. The molecule has 3 atom stereocenters. The van der Waals surface area contributed by atoms with Gasteiger partial charge in [-0.1, -0.05) is 12.6 Å². The molecule has 3 heterocycles. The number of amides is 2. The van der Waals surface area contributed by atoms with Crippen LogP contribution in [0.3, 0.4) is 0 Å². The summed E-state index contributed by atoms with van der Waals surface area (Å²) in [5.41, 5.74) is 9.53. The van der Waals surface area contributed by atoms with Gasteiger partial charge < -0.3 is 36.7 Å². The van der Waals surface area contributed by atoms with Gasteiger partial charge in [0.05, 0.1) is 41.0 Å². The molecule has 2 aromatic carbocycles. The van der Waals surface area contributed by atoms with Crippen LogP contribution in [0, 0.1) is 30.5 Å². The second kappa shape index (κ2) is 11.5. The van der Waals surface area contributed by atoms with E-state index < -0.39 is 29.9 Å². The zero-order chi connectivity index (χ0) is 32.0. The van der Waals surface area contributed by atoms with Crippen LogP contribution in [0.4, 0.5) is 27.1 Å². The molecule has 228 valence electrons. The molecule has 2 aliphatic heterocycles. The first-order valence-corrected chi connectivity index (χ1v) is 14.2. The third-order valence-corrected chi connectivity index (χ3v) is 8.23. The van der Waals surface area contributed by atoms with Crippen molar-refractivity contribution in [3.8, 4) is 11.1 Å². The van der Waals surface area contributed by atoms with Crippen LogP contribution < -0.4 is 16.4 Å². The highest BCUT2D eigenvalue weighted by Gasteiger charge is 2.44. The molecular weight excluding hydrogens is 563 g/mol. The lowest BCUT2D eigenvalue weighted by Gasteiger charge is -2.44. The number of carbonyl (C=O) groups is 2. The van der Waals surface area contributed by atoms with Gasteiger partial charge in [-0.3, -0.25) is 20.0 Å². The fourth-order valence-corrected chi connectivity index (χ4v) is 6.07. The number of halogens is 1. The zero-order valence-corrected chi connectivity index (χ0v) is 25.0. The molecule has 3 aromatic rings. The Bertz CT molecular complexity index is 1740. The standard InChI is InChI=1S/C32H35FN8O3/c1-6-24(43)40-13-17(4)41-23(14-40)32(44)39-30-26(31(41)36)22(38-28-16(3)9-10-37-29(28)18(5)42)11-19(27(30)33)25-15(2)7-8-21(35)20(25)12-34/h6-12,17-18,23,34,36,38,42H,1,13-14,35H2,2-5H3,(H,39,44). The maximum atomic E-state index is 16.8. The number of nitrogens with one attached hydrogen (secondary N) is 4. The number of aliphatic hydroxyl groups excluding tert-OH is 1. The molecule has 1 saturated heterocycles. The summed E-state index contributed by atoms with van der Waals surface area (Å²) < 4.78 is 16.8. The third-order valence-electron chi connectivity index (χ3n) is 8.23. The number of anilines is 4. The average molecular weight is 599 g/mol. The Morgan fingerprint density at radius 2 is 2.00 bits per heavy atom. The molecule has 1 aromatic heterocycles. The number of nitrogens with two attached hydrogens (primary N) is 1. The topological polar surface area (TPSA) is 172 Å². The summed E-state index contributed by atoms with van der Waals surface area (Å²) in [6.45, 7) is 10.7. The van der Waals surface area contributed by atoms with Gasteiger partial charge in [-0.15, -0.1) is 0 Å². The van der Waals surface area contributed by atoms with Crippen LogP contribution in [-0.4, -0.2) is 68.9 Å². The quantitative estimate of drug-likeness (QED) is 0.140. The lowest BCUT2D eigenvalue weighted by atomic mass is 9.91. The van der Waals surface area contributed by atoms with Crippen molar-refractivity contribution >= 4 is 46.6 Å². The number of aliphatic hydroxyl groups is 1. The van der Waals surface area contributed by atoms with E-state index >= 15 is 4.39 Å². The van der Waals surface area contributed by atoms with E-state index in [4.69, 9.17) is 11.1 Å². The van der Waals surface area contributed by atoms with Crippen LogP contribution >= 0.6 is 0 Å². The van der Waals surface area contributed by atoms with Crippen molar-refractivity contribution in [3.63, 3.8) is 0 Å². The molecule has 44 heavy (non-hydrogen) atoms. The van der Waals surface area contributed by atoms with E-state index in [-0.39, 0.29) is 53.0 Å². The zero-order valence-electron chi connectivity index (χ0n) is 25.0. The highest BCUT2D eigenvalue weighted by Crippen LogP contribution is 2.43. The van der Waals surface area contributed by atoms with Gasteiger partial charge in [0.2, 0.25) is 11.8 Å². The largest absolute Gasteiger partial charge is 0.398 e. The van der Waals surface area contributed by atoms with Gasteiger partial charge >= 0.3 is 0 Å². The van der Waals surface area contributed by atoms with Crippen LogP contribution in [0.1, 0.15) is 47.9 Å². The monoisotopic (exact) mass is 598 g/mol. The molecule has 2 aliphatic rings. The molecule has 0 saturated carbocycles. The van der Waals surface area contributed by atoms with Gasteiger partial charge in [-0.25, -0.2) is 4.39 Å². The Morgan fingerprint density at radius 3 is 2.66 bits per heavy atom. The van der Waals surface area contributed by atoms with Gasteiger partial charge in [0, 0.05) is 41.8 Å². The lowest BCUT2D eigenvalue weighted by molar-refractivity contribution is -0.132. The summed E-state index contributed by atoms with van der Waals surface area (Å²) in [4.78, 5) is 33.7. The van der Waals surface area contributed by atoms with Crippen LogP contribution in [0.15, 0.2) is 43.1 Å². The highest BCUT2D eigenvalue weighted by molar-refractivity contribution is 6.16. The van der Waals surface area contributed by atoms with Crippen molar-refractivity contribution in [2.24, 2.45) is 0 Å². The van der Waals surface area contributed by atoms with Gasteiger partial charge in [0.1, 0.15) is 11.9 Å². The van der Waals surface area contributed by atoms with Crippen molar-refractivity contribution in [1.82, 2.24) is 14.8 Å². The number of pyridine rings is 1. The van der Waals surface area contributed by atoms with E-state index in [0.717, 1.165) is 11.8 Å². The molecule has 3 unspecified atom stereocenters. The first kappa shape index (κ1) is 30.4. The van der Waals surface area contributed by atoms with Crippen LogP contribution in [-0.2, 0) is 9.59 Å². The Hall–Kier alpha value is -5.10. The molecule has 12 heteroatoms. The Labute approximate surface area is 254 Å². The van der Waals surface area contributed by atoms with Crippen molar-refractivity contribution in [2.75, 3.05) is 29.5 Å². The predicted octanol–water partition coefficient (Wildman–Crippen LogP) is 4.25. The minimum Gasteiger partial charge on any atom is -0.398 e. The second-order valence-corrected chi connectivity index (χ2v) is 11.2. The number of aromatic nitrogens is 1. The van der Waals surface area contributed by atoms with Crippen molar-refractivity contribution in [2.45, 2.75) is 45.9 Å². The summed E-state index contributed by atoms with van der Waals surface area (Å²) in [5, 5.41) is 34.0. The first-order valence-electron chi connectivity index (χ1n) is 14.2. The van der Waals surface area contributed by atoms with Crippen LogP contribution in [0.2, 0.25) is 0 Å². The highest BCUT2D eigenvalue weighted by atomic mass is 19.1. The summed E-state index contributed by atoms with van der Waals surface area (Å²) in [6.07, 6.45) is 2.86. The van der Waals surface area contributed by atoms with Crippen molar-refractivity contribution < 1.29 is 19.1 Å². The minimum absolute atomic E-state index is 0.0190. The second-order valence-electron chi connectivity index (χ2n) is 11.2. The third kappa shape index (κ3) is 4.96. The van der Waals surface area contributed by atoms with Gasteiger partial charge in [-0.2, -0.15) is 0 Å². The Morgan fingerprint density at radius 1 is 1.27 bits per heavy atom. The first-order chi connectivity index (χ1) is 20.9. The summed E-state index contributed by atoms with van der Waals surface area (Å²) in [6, 6.07) is 5.21. The number of fused-ring (bicyclic) bond motifs is 2. The number of aryl methyl sites for hydroxylation is 2. The van der Waals surface area contributed by atoms with Crippen molar-refractivity contribution in [3.05, 3.63) is 76.9 Å². The summed E-state index contributed by atoms with van der Waals surface area (Å²) in [5.74, 6) is -1.85. The smallest absolute Gasteiger partial charge is 0.249 e. The van der Waals surface area contributed by atoms with E-state index in [1.54, 1.807) is 50.1 Å². The molecule has 2 amide bonds. The van der Waals surface area contributed by atoms with Gasteiger partial charge in [0.25, 0.3) is 0 Å². The van der Waals surface area contributed by atoms with E-state index in [1.165, 1.54) is 17.0 Å². The fourth-order valence-electron chi connectivity index (χ4n) is 6.07. The molecule has 0 spiro atoms. The number of nitrogen functional groups attached to an aromatic ring is 1. The number of benzene rings is 2. The van der Waals surface area contributed by atoms with Gasteiger partial charge in [0.15, 0.2) is 5.82 Å². The molecule has 1 fully saturated rings. The Balaban J connectivity index is 1.80. The summed E-state index contributed by atoms with van der Waals surface area (Å²) >= 11 is 0. The molecule has 11 nitrogen and oxygen atoms in total. The predicted molar refractivity (Wildman–Crippen MR) is 169 cm³/mol. The number of hydrogen-bond donors (Lipinski definition) is 6. The number of rotatable bonds is 6. The minimum atomic E-state index is -0.974. The molecule has 0 radical (unpaired) electrons. The van der Waals surface area contributed by atoms with E-state index in [2.05, 4.69) is 22.2 Å². The lowest BCUT2D eigenvalue weighted by Crippen LogP contribution is -2.63.